The van der Waals surface area contributed by atoms with Gasteiger partial charge in [-0.15, -0.1) is 0 Å². The quantitative estimate of drug-likeness (QED) is 0.773. The molecule has 0 radical (unpaired) electrons. The predicted octanol–water partition coefficient (Wildman–Crippen LogP) is 3.31. The molecule has 1 heterocycles. The summed E-state index contributed by atoms with van der Waals surface area (Å²) in [6, 6.07) is 10.0. The Morgan fingerprint density at radius 3 is 2.52 bits per heavy atom. The van der Waals surface area contributed by atoms with Gasteiger partial charge in [0.2, 0.25) is 5.91 Å². The van der Waals surface area contributed by atoms with Crippen molar-refractivity contribution >= 4 is 23.2 Å². The standard InChI is InChI=1S/C22H28ClN5O/c23-20-2-1-3-21(19(20)16-25)28-14-12-27(13-15-28)11-9-17-4-6-18(7-5-17)26-22(29)8-10-24/h1-3,17-18H,4-9,11-15H2,(H,26,29). The van der Waals surface area contributed by atoms with Gasteiger partial charge >= 0.3 is 0 Å². The highest BCUT2D eigenvalue weighted by atomic mass is 35.5. The largest absolute Gasteiger partial charge is 0.368 e. The molecular weight excluding hydrogens is 386 g/mol. The Bertz CT molecular complexity index is 783. The van der Waals surface area contributed by atoms with E-state index in [1.54, 1.807) is 6.07 Å². The van der Waals surface area contributed by atoms with E-state index in [-0.39, 0.29) is 18.4 Å². The summed E-state index contributed by atoms with van der Waals surface area (Å²) in [5.74, 6) is 0.573. The number of nitrogens with zero attached hydrogens (tertiary/aromatic N) is 4. The van der Waals surface area contributed by atoms with Crippen molar-refractivity contribution in [1.29, 1.82) is 10.5 Å². The second kappa shape index (κ2) is 10.5. The fourth-order valence-corrected chi connectivity index (χ4v) is 4.62. The van der Waals surface area contributed by atoms with Crippen LogP contribution < -0.4 is 10.2 Å². The van der Waals surface area contributed by atoms with Gasteiger partial charge in [-0.25, -0.2) is 0 Å². The van der Waals surface area contributed by atoms with E-state index in [0.717, 1.165) is 70.0 Å². The zero-order chi connectivity index (χ0) is 20.6. The summed E-state index contributed by atoms with van der Waals surface area (Å²) in [6.45, 7) is 4.91. The van der Waals surface area contributed by atoms with Gasteiger partial charge in [0.1, 0.15) is 12.5 Å². The van der Waals surface area contributed by atoms with E-state index in [9.17, 15) is 10.1 Å². The molecule has 0 atom stereocenters. The Hall–Kier alpha value is -2.28. The number of nitrogens with one attached hydrogen (secondary N) is 1. The third kappa shape index (κ3) is 5.85. The third-order valence-corrected chi connectivity index (χ3v) is 6.44. The summed E-state index contributed by atoms with van der Waals surface area (Å²) in [4.78, 5) is 16.3. The molecule has 1 N–H and O–H groups in total. The molecule has 29 heavy (non-hydrogen) atoms. The first-order chi connectivity index (χ1) is 14.1. The van der Waals surface area contributed by atoms with Gasteiger partial charge in [0.25, 0.3) is 0 Å². The average molecular weight is 414 g/mol. The molecule has 1 aromatic carbocycles. The number of nitriles is 2. The maximum Gasteiger partial charge on any atom is 0.234 e. The Kier molecular flexibility index (Phi) is 7.75. The second-order valence-corrected chi connectivity index (χ2v) is 8.39. The van der Waals surface area contributed by atoms with Crippen LogP contribution in [0.2, 0.25) is 5.02 Å². The minimum atomic E-state index is -0.145. The molecule has 7 heteroatoms. The van der Waals surface area contributed by atoms with Gasteiger partial charge in [-0.2, -0.15) is 10.5 Å². The van der Waals surface area contributed by atoms with E-state index in [4.69, 9.17) is 16.9 Å². The molecule has 2 fully saturated rings. The first-order valence-corrected chi connectivity index (χ1v) is 10.8. The molecule has 0 unspecified atom stereocenters. The number of halogens is 1. The fraction of sp³-hybridized carbons (Fsp3) is 0.591. The van der Waals surface area contributed by atoms with Gasteiger partial charge in [0.05, 0.1) is 22.3 Å². The van der Waals surface area contributed by atoms with Crippen LogP contribution in [-0.2, 0) is 4.79 Å². The average Bonchev–Trinajstić information content (AvgIpc) is 2.73. The summed E-state index contributed by atoms with van der Waals surface area (Å²) in [7, 11) is 0. The minimum absolute atomic E-state index is 0.0447. The van der Waals surface area contributed by atoms with Crippen molar-refractivity contribution in [1.82, 2.24) is 10.2 Å². The number of carbonyl (C=O) groups is 1. The molecule has 154 valence electrons. The van der Waals surface area contributed by atoms with Crippen LogP contribution in [0.5, 0.6) is 0 Å². The lowest BCUT2D eigenvalue weighted by Crippen LogP contribution is -2.47. The Morgan fingerprint density at radius 2 is 1.86 bits per heavy atom. The number of amides is 1. The highest BCUT2D eigenvalue weighted by Crippen LogP contribution is 2.29. The summed E-state index contributed by atoms with van der Waals surface area (Å²) in [5.41, 5.74) is 1.51. The molecule has 1 amide bonds. The van der Waals surface area contributed by atoms with Gasteiger partial charge < -0.3 is 10.2 Å². The lowest BCUT2D eigenvalue weighted by molar-refractivity contribution is -0.121. The molecule has 0 bridgehead atoms. The van der Waals surface area contributed by atoms with Gasteiger partial charge in [-0.1, -0.05) is 17.7 Å². The Labute approximate surface area is 178 Å². The van der Waals surface area contributed by atoms with Crippen LogP contribution in [-0.4, -0.2) is 49.6 Å². The monoisotopic (exact) mass is 413 g/mol. The minimum Gasteiger partial charge on any atom is -0.368 e. The van der Waals surface area contributed by atoms with Crippen molar-refractivity contribution < 1.29 is 4.79 Å². The molecule has 2 aliphatic rings. The molecule has 1 saturated heterocycles. The van der Waals surface area contributed by atoms with Gasteiger partial charge in [0.15, 0.2) is 0 Å². The van der Waals surface area contributed by atoms with Crippen LogP contribution in [0.4, 0.5) is 5.69 Å². The number of anilines is 1. The summed E-state index contributed by atoms with van der Waals surface area (Å²) < 4.78 is 0. The van der Waals surface area contributed by atoms with E-state index in [0.29, 0.717) is 10.6 Å². The number of benzene rings is 1. The first kappa shape index (κ1) is 21.4. The van der Waals surface area contributed by atoms with E-state index in [1.807, 2.05) is 18.2 Å². The van der Waals surface area contributed by atoms with Crippen LogP contribution in [0, 0.1) is 28.6 Å². The van der Waals surface area contributed by atoms with Crippen LogP contribution in [0.3, 0.4) is 0 Å². The van der Waals surface area contributed by atoms with Crippen molar-refractivity contribution in [2.45, 2.75) is 44.6 Å². The van der Waals surface area contributed by atoms with Crippen molar-refractivity contribution in [2.75, 3.05) is 37.6 Å². The maximum absolute atomic E-state index is 11.5. The zero-order valence-electron chi connectivity index (χ0n) is 16.7. The van der Waals surface area contributed by atoms with Crippen LogP contribution in [0.15, 0.2) is 18.2 Å². The summed E-state index contributed by atoms with van der Waals surface area (Å²) in [6.07, 6.45) is 5.47. The van der Waals surface area contributed by atoms with E-state index < -0.39 is 0 Å². The lowest BCUT2D eigenvalue weighted by atomic mass is 9.84. The zero-order valence-corrected chi connectivity index (χ0v) is 17.5. The van der Waals surface area contributed by atoms with E-state index >= 15 is 0 Å². The number of carbonyl (C=O) groups excluding carboxylic acids is 1. The SMILES string of the molecule is N#CCC(=O)NC1CCC(CCN2CCN(c3cccc(Cl)c3C#N)CC2)CC1. The topological polar surface area (TPSA) is 83.2 Å². The highest BCUT2D eigenvalue weighted by Gasteiger charge is 2.24. The van der Waals surface area contributed by atoms with Gasteiger partial charge in [-0.05, 0) is 56.7 Å². The van der Waals surface area contributed by atoms with Crippen molar-refractivity contribution in [2.24, 2.45) is 5.92 Å². The number of hydrogen-bond acceptors (Lipinski definition) is 5. The predicted molar refractivity (Wildman–Crippen MR) is 114 cm³/mol. The summed E-state index contributed by atoms with van der Waals surface area (Å²) in [5, 5.41) is 21.5. The molecule has 1 saturated carbocycles. The molecule has 0 aromatic heterocycles. The molecule has 1 aliphatic heterocycles. The molecule has 1 aromatic rings. The van der Waals surface area contributed by atoms with E-state index in [1.165, 1.54) is 6.42 Å². The van der Waals surface area contributed by atoms with Gasteiger partial charge in [-0.3, -0.25) is 9.69 Å². The number of piperazine rings is 1. The smallest absolute Gasteiger partial charge is 0.234 e. The van der Waals surface area contributed by atoms with Crippen molar-refractivity contribution in [3.05, 3.63) is 28.8 Å². The first-order valence-electron chi connectivity index (χ1n) is 10.4. The highest BCUT2D eigenvalue weighted by molar-refractivity contribution is 6.32. The molecular formula is C22H28ClN5O. The van der Waals surface area contributed by atoms with Gasteiger partial charge in [0, 0.05) is 32.2 Å². The number of rotatable bonds is 6. The maximum atomic E-state index is 11.5. The third-order valence-electron chi connectivity index (χ3n) is 6.12. The second-order valence-electron chi connectivity index (χ2n) is 7.98. The molecule has 3 rings (SSSR count). The van der Waals surface area contributed by atoms with Crippen LogP contribution in [0.25, 0.3) is 0 Å². The Balaban J connectivity index is 1.38. The molecule has 0 spiro atoms. The van der Waals surface area contributed by atoms with E-state index in [2.05, 4.69) is 21.2 Å². The molecule has 6 nitrogen and oxygen atoms in total. The molecule has 1 aliphatic carbocycles. The van der Waals surface area contributed by atoms with Crippen molar-refractivity contribution in [3.8, 4) is 12.1 Å². The van der Waals surface area contributed by atoms with Crippen LogP contribution >= 0.6 is 11.6 Å². The Morgan fingerprint density at radius 1 is 1.14 bits per heavy atom. The van der Waals surface area contributed by atoms with Crippen molar-refractivity contribution in [3.63, 3.8) is 0 Å². The van der Waals surface area contributed by atoms with Crippen LogP contribution in [0.1, 0.15) is 44.1 Å². The lowest BCUT2D eigenvalue weighted by Gasteiger charge is -2.37. The fourth-order valence-electron chi connectivity index (χ4n) is 4.41. The normalized spacial score (nSPS) is 22.5. The number of hydrogen-bond donors (Lipinski definition) is 1. The summed E-state index contributed by atoms with van der Waals surface area (Å²) >= 11 is 6.17.